The summed E-state index contributed by atoms with van der Waals surface area (Å²) in [5.74, 6) is 1.53. The van der Waals surface area contributed by atoms with Crippen molar-refractivity contribution in [2.45, 2.75) is 38.6 Å². The molecule has 1 aliphatic carbocycles. The molecule has 1 aliphatic heterocycles. The molecule has 3 atom stereocenters. The first kappa shape index (κ1) is 12.3. The number of sulfonamides is 1. The van der Waals surface area contributed by atoms with E-state index in [9.17, 15) is 8.42 Å². The van der Waals surface area contributed by atoms with Crippen LogP contribution in [0.3, 0.4) is 0 Å². The molecule has 1 saturated carbocycles. The maximum atomic E-state index is 11.8. The van der Waals surface area contributed by atoms with Crippen molar-refractivity contribution in [1.82, 2.24) is 10.0 Å². The van der Waals surface area contributed by atoms with Crippen LogP contribution in [0.5, 0.6) is 0 Å². The molecule has 0 amide bonds. The second kappa shape index (κ2) is 5.02. The lowest BCUT2D eigenvalue weighted by atomic mass is 10.1. The minimum absolute atomic E-state index is 0.155. The van der Waals surface area contributed by atoms with Crippen LogP contribution in [-0.2, 0) is 10.0 Å². The van der Waals surface area contributed by atoms with Gasteiger partial charge in [-0.05, 0) is 37.6 Å². The van der Waals surface area contributed by atoms with E-state index in [2.05, 4.69) is 17.0 Å². The number of piperidine rings is 1. The maximum Gasteiger partial charge on any atom is 0.213 e. The van der Waals surface area contributed by atoms with Crippen LogP contribution in [0.15, 0.2) is 0 Å². The average molecular weight is 246 g/mol. The van der Waals surface area contributed by atoms with Crippen LogP contribution in [0.4, 0.5) is 0 Å². The molecule has 0 bridgehead atoms. The summed E-state index contributed by atoms with van der Waals surface area (Å²) >= 11 is 0. The summed E-state index contributed by atoms with van der Waals surface area (Å²) in [5, 5.41) is 3.27. The molecule has 1 saturated heterocycles. The zero-order valence-corrected chi connectivity index (χ0v) is 10.7. The molecule has 2 rings (SSSR count). The first-order chi connectivity index (χ1) is 7.57. The summed E-state index contributed by atoms with van der Waals surface area (Å²) in [6.07, 6.45) is 4.47. The third-order valence-electron chi connectivity index (χ3n) is 3.67. The Labute approximate surface area is 98.2 Å². The highest BCUT2D eigenvalue weighted by Crippen LogP contribution is 2.36. The van der Waals surface area contributed by atoms with E-state index in [0.717, 1.165) is 19.4 Å². The van der Waals surface area contributed by atoms with Gasteiger partial charge in [0.25, 0.3) is 0 Å². The molecule has 0 aromatic heterocycles. The van der Waals surface area contributed by atoms with Gasteiger partial charge < -0.3 is 5.32 Å². The molecule has 3 unspecified atom stereocenters. The van der Waals surface area contributed by atoms with Crippen LogP contribution in [0.1, 0.15) is 32.6 Å². The highest BCUT2D eigenvalue weighted by atomic mass is 32.2. The van der Waals surface area contributed by atoms with Crippen molar-refractivity contribution in [3.63, 3.8) is 0 Å². The van der Waals surface area contributed by atoms with Gasteiger partial charge in [-0.1, -0.05) is 13.3 Å². The monoisotopic (exact) mass is 246 g/mol. The summed E-state index contributed by atoms with van der Waals surface area (Å²) < 4.78 is 26.3. The largest absolute Gasteiger partial charge is 0.313 e. The Bertz CT molecular complexity index is 323. The predicted octanol–water partition coefficient (Wildman–Crippen LogP) is 0.704. The number of rotatable bonds is 5. The zero-order valence-electron chi connectivity index (χ0n) is 9.91. The van der Waals surface area contributed by atoms with Gasteiger partial charge in [0.15, 0.2) is 0 Å². The van der Waals surface area contributed by atoms with E-state index in [-0.39, 0.29) is 11.8 Å². The SMILES string of the molecule is CC1CC1CNS(=O)(=O)CC1CCCCN1. The van der Waals surface area contributed by atoms with Gasteiger partial charge >= 0.3 is 0 Å². The molecule has 1 heterocycles. The van der Waals surface area contributed by atoms with E-state index < -0.39 is 10.0 Å². The fraction of sp³-hybridized carbons (Fsp3) is 1.00. The summed E-state index contributed by atoms with van der Waals surface area (Å²) in [4.78, 5) is 0. The second-order valence-electron chi connectivity index (χ2n) is 5.25. The Morgan fingerprint density at radius 1 is 1.38 bits per heavy atom. The lowest BCUT2D eigenvalue weighted by Gasteiger charge is -2.23. The lowest BCUT2D eigenvalue weighted by molar-refractivity contribution is 0.422. The average Bonchev–Trinajstić information content (AvgIpc) is 2.93. The number of nitrogens with one attached hydrogen (secondary N) is 2. The van der Waals surface area contributed by atoms with Crippen LogP contribution in [0.2, 0.25) is 0 Å². The van der Waals surface area contributed by atoms with Crippen molar-refractivity contribution < 1.29 is 8.42 Å². The molecule has 0 aromatic carbocycles. The van der Waals surface area contributed by atoms with Crippen molar-refractivity contribution in [1.29, 1.82) is 0 Å². The maximum absolute atomic E-state index is 11.8. The first-order valence-corrected chi connectivity index (χ1v) is 7.93. The lowest BCUT2D eigenvalue weighted by Crippen LogP contribution is -2.43. The molecule has 0 spiro atoms. The van der Waals surface area contributed by atoms with Crippen molar-refractivity contribution >= 4 is 10.0 Å². The van der Waals surface area contributed by atoms with E-state index in [1.54, 1.807) is 0 Å². The van der Waals surface area contributed by atoms with Gasteiger partial charge in [0.2, 0.25) is 10.0 Å². The molecular weight excluding hydrogens is 224 g/mol. The van der Waals surface area contributed by atoms with E-state index >= 15 is 0 Å². The number of hydrogen-bond donors (Lipinski definition) is 2. The molecule has 2 aliphatic rings. The highest BCUT2D eigenvalue weighted by Gasteiger charge is 2.33. The van der Waals surface area contributed by atoms with Gasteiger partial charge in [0.1, 0.15) is 0 Å². The Hall–Kier alpha value is -0.130. The Morgan fingerprint density at radius 3 is 2.69 bits per heavy atom. The Morgan fingerprint density at radius 2 is 2.12 bits per heavy atom. The van der Waals surface area contributed by atoms with Crippen LogP contribution in [0.25, 0.3) is 0 Å². The molecular formula is C11H22N2O2S. The number of hydrogen-bond acceptors (Lipinski definition) is 3. The minimum atomic E-state index is -3.07. The zero-order chi connectivity index (χ0) is 11.6. The highest BCUT2D eigenvalue weighted by molar-refractivity contribution is 7.89. The van der Waals surface area contributed by atoms with E-state index in [0.29, 0.717) is 18.4 Å². The topological polar surface area (TPSA) is 58.2 Å². The normalized spacial score (nSPS) is 34.9. The third-order valence-corrected chi connectivity index (χ3v) is 5.12. The summed E-state index contributed by atoms with van der Waals surface area (Å²) in [6.45, 7) is 3.76. The van der Waals surface area contributed by atoms with E-state index in [4.69, 9.17) is 0 Å². The molecule has 0 radical (unpaired) electrons. The predicted molar refractivity (Wildman–Crippen MR) is 64.7 cm³/mol. The molecule has 0 aromatic rings. The van der Waals surface area contributed by atoms with Crippen LogP contribution in [0, 0.1) is 11.8 Å². The van der Waals surface area contributed by atoms with Gasteiger partial charge in [-0.15, -0.1) is 0 Å². The van der Waals surface area contributed by atoms with Crippen molar-refractivity contribution in [2.24, 2.45) is 11.8 Å². The molecule has 2 N–H and O–H groups in total. The smallest absolute Gasteiger partial charge is 0.213 e. The summed E-state index contributed by atoms with van der Waals surface area (Å²) in [7, 11) is -3.07. The Balaban J connectivity index is 1.73. The second-order valence-corrected chi connectivity index (χ2v) is 7.10. The van der Waals surface area contributed by atoms with Gasteiger partial charge in [-0.25, -0.2) is 13.1 Å². The quantitative estimate of drug-likeness (QED) is 0.751. The summed E-state index contributed by atoms with van der Waals surface area (Å²) in [6, 6.07) is 0.155. The molecule has 5 heteroatoms. The molecule has 4 nitrogen and oxygen atoms in total. The van der Waals surface area contributed by atoms with Gasteiger partial charge in [-0.2, -0.15) is 0 Å². The Kier molecular flexibility index (Phi) is 3.87. The van der Waals surface area contributed by atoms with Gasteiger partial charge in [0.05, 0.1) is 5.75 Å². The van der Waals surface area contributed by atoms with Crippen LogP contribution >= 0.6 is 0 Å². The van der Waals surface area contributed by atoms with Crippen molar-refractivity contribution in [3.8, 4) is 0 Å². The third kappa shape index (κ3) is 3.71. The standard InChI is InChI=1S/C11H22N2O2S/c1-9-6-10(9)7-13-16(14,15)8-11-4-2-3-5-12-11/h9-13H,2-8H2,1H3. The van der Waals surface area contributed by atoms with Crippen molar-refractivity contribution in [3.05, 3.63) is 0 Å². The van der Waals surface area contributed by atoms with Crippen LogP contribution < -0.4 is 10.0 Å². The molecule has 16 heavy (non-hydrogen) atoms. The fourth-order valence-electron chi connectivity index (χ4n) is 2.31. The van der Waals surface area contributed by atoms with Crippen molar-refractivity contribution in [2.75, 3.05) is 18.8 Å². The van der Waals surface area contributed by atoms with Crippen LogP contribution in [-0.4, -0.2) is 33.3 Å². The van der Waals surface area contributed by atoms with Gasteiger partial charge in [0, 0.05) is 12.6 Å². The van der Waals surface area contributed by atoms with E-state index in [1.807, 2.05) is 0 Å². The van der Waals surface area contributed by atoms with E-state index in [1.165, 1.54) is 12.8 Å². The fourth-order valence-corrected chi connectivity index (χ4v) is 3.71. The minimum Gasteiger partial charge on any atom is -0.313 e. The molecule has 2 fully saturated rings. The summed E-state index contributed by atoms with van der Waals surface area (Å²) in [5.41, 5.74) is 0. The molecule has 94 valence electrons. The first-order valence-electron chi connectivity index (χ1n) is 6.27. The van der Waals surface area contributed by atoms with Gasteiger partial charge in [-0.3, -0.25) is 0 Å².